The summed E-state index contributed by atoms with van der Waals surface area (Å²) in [4.78, 5) is 0. The van der Waals surface area contributed by atoms with Gasteiger partial charge in [-0.3, -0.25) is 0 Å². The van der Waals surface area contributed by atoms with E-state index in [1.165, 1.54) is 24.3 Å². The molecule has 0 aliphatic carbocycles. The van der Waals surface area contributed by atoms with Gasteiger partial charge in [0.2, 0.25) is 0 Å². The van der Waals surface area contributed by atoms with Crippen LogP contribution in [0.15, 0.2) is 73.0 Å². The monoisotopic (exact) mass is 410 g/mol. The zero-order valence-corrected chi connectivity index (χ0v) is 15.9. The van der Waals surface area contributed by atoms with Gasteiger partial charge in [0.05, 0.1) is 5.75 Å². The number of allylic oxidation sites excluding steroid dienone is 2. The Morgan fingerprint density at radius 1 is 1.04 bits per heavy atom. The molecule has 0 saturated carbocycles. The first kappa shape index (κ1) is 20.2. The molecule has 1 aliphatic rings. The molecular weight excluding hydrogens is 391 g/mol. The van der Waals surface area contributed by atoms with Gasteiger partial charge in [-0.1, -0.05) is 30.3 Å². The number of ether oxygens (including phenoxy) is 1. The summed E-state index contributed by atoms with van der Waals surface area (Å²) < 4.78 is 66.2. The van der Waals surface area contributed by atoms with Crippen molar-refractivity contribution < 1.29 is 26.3 Å². The summed E-state index contributed by atoms with van der Waals surface area (Å²) in [5, 5.41) is 0. The normalized spacial score (nSPS) is 19.6. The first-order valence-electron chi connectivity index (χ1n) is 8.59. The van der Waals surface area contributed by atoms with Crippen molar-refractivity contribution in [2.45, 2.75) is 13.3 Å². The van der Waals surface area contributed by atoms with Gasteiger partial charge >= 0.3 is 16.4 Å². The van der Waals surface area contributed by atoms with Crippen molar-refractivity contribution in [1.82, 2.24) is 3.89 Å². The lowest BCUT2D eigenvalue weighted by molar-refractivity contribution is -0.274. The van der Waals surface area contributed by atoms with Crippen LogP contribution in [0.5, 0.6) is 5.75 Å². The second kappa shape index (κ2) is 7.44. The molecule has 0 amide bonds. The number of quaternary nitrogens is 1. The van der Waals surface area contributed by atoms with Crippen molar-refractivity contribution >= 4 is 15.7 Å². The molecule has 0 bridgehead atoms. The van der Waals surface area contributed by atoms with E-state index >= 15 is 0 Å². The number of hydrogen-bond donors (Lipinski definition) is 0. The van der Waals surface area contributed by atoms with Crippen LogP contribution >= 0.6 is 0 Å². The summed E-state index contributed by atoms with van der Waals surface area (Å²) in [6.45, 7) is 1.87. The van der Waals surface area contributed by atoms with Crippen molar-refractivity contribution in [2.24, 2.45) is 0 Å². The van der Waals surface area contributed by atoms with Crippen LogP contribution < -0.4 is 8.63 Å². The highest BCUT2D eigenvalue weighted by molar-refractivity contribution is 7.91. The van der Waals surface area contributed by atoms with Crippen molar-refractivity contribution in [3.8, 4) is 16.9 Å². The van der Waals surface area contributed by atoms with Crippen LogP contribution in [-0.2, 0) is 10.0 Å². The Kier molecular flexibility index (Phi) is 5.36. The van der Waals surface area contributed by atoms with Crippen molar-refractivity contribution in [3.63, 3.8) is 0 Å². The third-order valence-electron chi connectivity index (χ3n) is 4.52. The second-order valence-corrected chi connectivity index (χ2v) is 8.63. The summed E-state index contributed by atoms with van der Waals surface area (Å²) in [6.07, 6.45) is 2.18. The highest BCUT2D eigenvalue weighted by atomic mass is 32.2. The van der Waals surface area contributed by atoms with Gasteiger partial charge in [-0.2, -0.15) is 12.3 Å². The van der Waals surface area contributed by atoms with E-state index in [-0.39, 0.29) is 21.9 Å². The van der Waals surface area contributed by atoms with E-state index in [9.17, 15) is 21.6 Å². The average molecular weight is 410 g/mol. The Labute approximate surface area is 161 Å². The lowest BCUT2D eigenvalue weighted by atomic mass is 10.0. The van der Waals surface area contributed by atoms with E-state index in [1.807, 2.05) is 0 Å². The van der Waals surface area contributed by atoms with E-state index in [2.05, 4.69) is 4.74 Å². The van der Waals surface area contributed by atoms with Crippen molar-refractivity contribution in [1.29, 1.82) is 0 Å². The third-order valence-corrected chi connectivity index (χ3v) is 6.72. The predicted octanol–water partition coefficient (Wildman–Crippen LogP) is 4.99. The SMILES string of the molecule is CCS(=O)(=O)[N+]1(c2cccc(-c3ccc(OC(F)(F)F)cc3)c2)C=CC=CC1. The highest BCUT2D eigenvalue weighted by Crippen LogP contribution is 2.35. The van der Waals surface area contributed by atoms with Gasteiger partial charge in [0, 0.05) is 12.1 Å². The van der Waals surface area contributed by atoms with Crippen molar-refractivity contribution in [2.75, 3.05) is 12.3 Å². The maximum absolute atomic E-state index is 12.9. The summed E-state index contributed by atoms with van der Waals surface area (Å²) in [5.41, 5.74) is 1.92. The molecule has 3 rings (SSSR count). The molecule has 0 aromatic heterocycles. The van der Waals surface area contributed by atoms with E-state index in [0.29, 0.717) is 16.8 Å². The molecule has 1 atom stereocenters. The van der Waals surface area contributed by atoms with E-state index in [1.54, 1.807) is 55.6 Å². The fourth-order valence-electron chi connectivity index (χ4n) is 3.10. The number of benzene rings is 2. The predicted molar refractivity (Wildman–Crippen MR) is 103 cm³/mol. The Bertz CT molecular complexity index is 1010. The van der Waals surface area contributed by atoms with E-state index in [0.717, 1.165) is 0 Å². The molecule has 1 unspecified atom stereocenters. The third kappa shape index (κ3) is 3.98. The molecule has 8 heteroatoms. The molecule has 2 aromatic rings. The minimum absolute atomic E-state index is 0.0289. The minimum Gasteiger partial charge on any atom is -0.406 e. The molecule has 1 heterocycles. The molecule has 2 aromatic carbocycles. The Morgan fingerprint density at radius 3 is 2.32 bits per heavy atom. The largest absolute Gasteiger partial charge is 0.573 e. The maximum Gasteiger partial charge on any atom is 0.573 e. The molecule has 28 heavy (non-hydrogen) atoms. The fraction of sp³-hybridized carbons (Fsp3) is 0.200. The quantitative estimate of drug-likeness (QED) is 0.652. The van der Waals surface area contributed by atoms with Crippen molar-refractivity contribution in [3.05, 3.63) is 73.0 Å². The highest BCUT2D eigenvalue weighted by Gasteiger charge is 2.41. The standard InChI is InChI=1S/C20H19F3NO3S/c1-2-28(25,26)24(13-4-3-5-14-24)18-8-6-7-17(15-18)16-9-11-19(12-10-16)27-20(21,22)23/h3-13,15H,2,14H2,1H3/q+1. The first-order chi connectivity index (χ1) is 13.2. The van der Waals surface area contributed by atoms with Crippen LogP contribution in [0.1, 0.15) is 6.92 Å². The molecule has 1 aliphatic heterocycles. The van der Waals surface area contributed by atoms with Crippen LogP contribution in [0.25, 0.3) is 11.1 Å². The average Bonchev–Trinajstić information content (AvgIpc) is 2.68. The van der Waals surface area contributed by atoms with E-state index < -0.39 is 16.4 Å². The number of sulfonamides is 1. The lowest BCUT2D eigenvalue weighted by Crippen LogP contribution is -2.51. The maximum atomic E-state index is 12.9. The number of nitrogens with zero attached hydrogens (tertiary/aromatic N) is 1. The van der Waals surface area contributed by atoms with E-state index in [4.69, 9.17) is 0 Å². The smallest absolute Gasteiger partial charge is 0.406 e. The molecule has 0 radical (unpaired) electrons. The van der Waals surface area contributed by atoms with Crippen LogP contribution in [0.4, 0.5) is 18.9 Å². The van der Waals surface area contributed by atoms with Gasteiger partial charge in [-0.15, -0.1) is 13.2 Å². The molecule has 0 spiro atoms. The lowest BCUT2D eigenvalue weighted by Gasteiger charge is -2.33. The Morgan fingerprint density at radius 2 is 1.75 bits per heavy atom. The number of halogens is 3. The molecule has 0 N–H and O–H groups in total. The van der Waals surface area contributed by atoms with Gasteiger partial charge in [-0.05, 0) is 42.3 Å². The van der Waals surface area contributed by atoms with Gasteiger partial charge in [0.15, 0.2) is 5.69 Å². The second-order valence-electron chi connectivity index (χ2n) is 6.24. The van der Waals surface area contributed by atoms with Crippen LogP contribution in [0.3, 0.4) is 0 Å². The van der Waals surface area contributed by atoms with Crippen LogP contribution in [0.2, 0.25) is 0 Å². The van der Waals surface area contributed by atoms with Crippen LogP contribution in [-0.4, -0.2) is 27.1 Å². The van der Waals surface area contributed by atoms with Crippen LogP contribution in [0, 0.1) is 0 Å². The van der Waals surface area contributed by atoms with Gasteiger partial charge in [0.25, 0.3) is 0 Å². The Hall–Kier alpha value is -2.58. The molecule has 0 saturated heterocycles. The Balaban J connectivity index is 2.00. The summed E-state index contributed by atoms with van der Waals surface area (Å²) in [5.74, 6) is -0.340. The topological polar surface area (TPSA) is 43.4 Å². The molecule has 0 fully saturated rings. The molecule has 4 nitrogen and oxygen atoms in total. The number of alkyl halides is 3. The fourth-order valence-corrected chi connectivity index (χ4v) is 4.57. The first-order valence-corrected chi connectivity index (χ1v) is 10.2. The summed E-state index contributed by atoms with van der Waals surface area (Å²) in [7, 11) is -3.51. The van der Waals surface area contributed by atoms with Gasteiger partial charge in [-0.25, -0.2) is 0 Å². The zero-order valence-electron chi connectivity index (χ0n) is 15.1. The zero-order chi connectivity index (χ0) is 20.4. The minimum atomic E-state index is -4.75. The number of rotatable bonds is 5. The number of hydrogen-bond acceptors (Lipinski definition) is 3. The van der Waals surface area contributed by atoms with Gasteiger partial charge in [0.1, 0.15) is 18.5 Å². The molecule has 148 valence electrons. The summed E-state index contributed by atoms with van der Waals surface area (Å²) in [6, 6.07) is 12.5. The van der Waals surface area contributed by atoms with Gasteiger partial charge < -0.3 is 4.74 Å². The summed E-state index contributed by atoms with van der Waals surface area (Å²) >= 11 is 0. The molecular formula is C20H19F3NO3S+.